The summed E-state index contributed by atoms with van der Waals surface area (Å²) in [7, 11) is 0. The van der Waals surface area contributed by atoms with Crippen molar-refractivity contribution in [2.24, 2.45) is 0 Å². The molecule has 1 aliphatic carbocycles. The van der Waals surface area contributed by atoms with E-state index in [0.717, 1.165) is 12.8 Å². The van der Waals surface area contributed by atoms with Crippen molar-refractivity contribution in [2.45, 2.75) is 25.8 Å². The number of nitrogens with zero attached hydrogens (tertiary/aromatic N) is 1. The number of hydrogen-bond donors (Lipinski definition) is 2. The molecular formula is C11H12N2O4. The summed E-state index contributed by atoms with van der Waals surface area (Å²) in [5, 5.41) is 15.3. The average molecular weight is 236 g/mol. The van der Waals surface area contributed by atoms with Gasteiger partial charge >= 0.3 is 5.97 Å². The molecule has 0 spiro atoms. The van der Waals surface area contributed by atoms with Crippen LogP contribution in [-0.2, 0) is 0 Å². The van der Waals surface area contributed by atoms with Gasteiger partial charge in [0.15, 0.2) is 0 Å². The minimum absolute atomic E-state index is 0.110. The maximum atomic E-state index is 11.7. The molecule has 1 aliphatic rings. The SMILES string of the molecule is C=C(C)c1noc(C(=O)NC2CC2)c1C(=O)O. The van der Waals surface area contributed by atoms with E-state index in [1.54, 1.807) is 6.92 Å². The highest BCUT2D eigenvalue weighted by molar-refractivity contribution is 6.05. The number of aromatic carboxylic acids is 1. The molecule has 2 N–H and O–H groups in total. The van der Waals surface area contributed by atoms with Crippen LogP contribution in [0.5, 0.6) is 0 Å². The van der Waals surface area contributed by atoms with E-state index in [2.05, 4.69) is 17.1 Å². The zero-order valence-electron chi connectivity index (χ0n) is 9.32. The van der Waals surface area contributed by atoms with Gasteiger partial charge in [0.2, 0.25) is 5.76 Å². The largest absolute Gasteiger partial charge is 0.477 e. The Morgan fingerprint density at radius 2 is 2.18 bits per heavy atom. The fourth-order valence-corrected chi connectivity index (χ4v) is 1.41. The summed E-state index contributed by atoms with van der Waals surface area (Å²) in [6.45, 7) is 5.20. The lowest BCUT2D eigenvalue weighted by Gasteiger charge is -2.00. The molecule has 6 nitrogen and oxygen atoms in total. The summed E-state index contributed by atoms with van der Waals surface area (Å²) in [5.41, 5.74) is 0.325. The van der Waals surface area contributed by atoms with Crippen molar-refractivity contribution in [1.82, 2.24) is 10.5 Å². The second kappa shape index (κ2) is 4.04. The van der Waals surface area contributed by atoms with Gasteiger partial charge in [-0.2, -0.15) is 0 Å². The second-order valence-electron chi connectivity index (χ2n) is 4.07. The first kappa shape index (κ1) is 11.4. The van der Waals surface area contributed by atoms with E-state index in [-0.39, 0.29) is 23.1 Å². The maximum absolute atomic E-state index is 11.7. The van der Waals surface area contributed by atoms with E-state index in [1.807, 2.05) is 0 Å². The van der Waals surface area contributed by atoms with E-state index in [1.165, 1.54) is 0 Å². The number of rotatable bonds is 4. The van der Waals surface area contributed by atoms with Crippen molar-refractivity contribution in [3.05, 3.63) is 23.6 Å². The summed E-state index contributed by atoms with van der Waals surface area (Å²) in [5.74, 6) is -2.04. The van der Waals surface area contributed by atoms with Gasteiger partial charge in [-0.3, -0.25) is 4.79 Å². The van der Waals surface area contributed by atoms with Crippen molar-refractivity contribution >= 4 is 17.4 Å². The van der Waals surface area contributed by atoms with Gasteiger partial charge in [-0.1, -0.05) is 11.7 Å². The smallest absolute Gasteiger partial charge is 0.342 e. The zero-order valence-corrected chi connectivity index (χ0v) is 9.32. The standard InChI is InChI=1S/C11H12N2O4/c1-5(2)8-7(11(15)16)9(17-13-8)10(14)12-6-3-4-6/h6H,1,3-4H2,2H3,(H,12,14)(H,15,16). The van der Waals surface area contributed by atoms with Gasteiger partial charge in [-0.05, 0) is 25.3 Å². The van der Waals surface area contributed by atoms with E-state index < -0.39 is 11.9 Å². The van der Waals surface area contributed by atoms with Crippen LogP contribution in [0.15, 0.2) is 11.1 Å². The molecule has 0 bridgehead atoms. The van der Waals surface area contributed by atoms with Crippen LogP contribution < -0.4 is 5.32 Å². The number of carbonyl (C=O) groups excluding carboxylic acids is 1. The quantitative estimate of drug-likeness (QED) is 0.821. The molecule has 1 saturated carbocycles. The summed E-state index contributed by atoms with van der Waals surface area (Å²) in [4.78, 5) is 22.8. The first-order valence-corrected chi connectivity index (χ1v) is 5.20. The summed E-state index contributed by atoms with van der Waals surface area (Å²) >= 11 is 0. The van der Waals surface area contributed by atoms with Crippen LogP contribution in [-0.4, -0.2) is 28.2 Å². The normalized spacial score (nSPS) is 14.4. The van der Waals surface area contributed by atoms with Crippen molar-refractivity contribution < 1.29 is 19.2 Å². The number of carboxylic acid groups (broad SMARTS) is 1. The molecule has 0 radical (unpaired) electrons. The molecule has 0 unspecified atom stereocenters. The van der Waals surface area contributed by atoms with Crippen LogP contribution in [0.4, 0.5) is 0 Å². The molecule has 90 valence electrons. The average Bonchev–Trinajstić information content (AvgIpc) is 2.93. The van der Waals surface area contributed by atoms with Gasteiger partial charge in [-0.15, -0.1) is 0 Å². The van der Waals surface area contributed by atoms with Crippen molar-refractivity contribution in [1.29, 1.82) is 0 Å². The van der Waals surface area contributed by atoms with E-state index in [4.69, 9.17) is 9.63 Å². The number of allylic oxidation sites excluding steroid dienone is 1. The summed E-state index contributed by atoms with van der Waals surface area (Å²) < 4.78 is 4.81. The molecule has 1 aromatic heterocycles. The number of aromatic nitrogens is 1. The first-order chi connectivity index (χ1) is 8.00. The third kappa shape index (κ3) is 2.20. The van der Waals surface area contributed by atoms with Crippen LogP contribution in [0.25, 0.3) is 5.57 Å². The lowest BCUT2D eigenvalue weighted by atomic mass is 10.1. The maximum Gasteiger partial charge on any atom is 0.342 e. The zero-order chi connectivity index (χ0) is 12.6. The number of hydrogen-bond acceptors (Lipinski definition) is 4. The van der Waals surface area contributed by atoms with Crippen LogP contribution in [0, 0.1) is 0 Å². The number of nitrogens with one attached hydrogen (secondary N) is 1. The minimum atomic E-state index is -1.25. The van der Waals surface area contributed by atoms with E-state index in [9.17, 15) is 9.59 Å². The van der Waals surface area contributed by atoms with Gasteiger partial charge in [0.1, 0.15) is 11.3 Å². The fraction of sp³-hybridized carbons (Fsp3) is 0.364. The summed E-state index contributed by atoms with van der Waals surface area (Å²) in [6.07, 6.45) is 1.82. The Kier molecular flexibility index (Phi) is 2.71. The molecule has 1 aromatic rings. The van der Waals surface area contributed by atoms with Crippen molar-refractivity contribution in [3.8, 4) is 0 Å². The molecule has 0 aliphatic heterocycles. The van der Waals surface area contributed by atoms with E-state index in [0.29, 0.717) is 5.57 Å². The number of amides is 1. The molecule has 1 fully saturated rings. The molecule has 1 amide bonds. The van der Waals surface area contributed by atoms with Crippen LogP contribution in [0.2, 0.25) is 0 Å². The predicted octanol–water partition coefficient (Wildman–Crippen LogP) is 1.30. The van der Waals surface area contributed by atoms with Gasteiger partial charge in [-0.25, -0.2) is 4.79 Å². The third-order valence-electron chi connectivity index (χ3n) is 2.43. The fourth-order valence-electron chi connectivity index (χ4n) is 1.41. The van der Waals surface area contributed by atoms with Crippen LogP contribution in [0.1, 0.15) is 46.4 Å². The Morgan fingerprint density at radius 1 is 1.53 bits per heavy atom. The van der Waals surface area contributed by atoms with Crippen molar-refractivity contribution in [3.63, 3.8) is 0 Å². The minimum Gasteiger partial charge on any atom is -0.477 e. The van der Waals surface area contributed by atoms with E-state index >= 15 is 0 Å². The summed E-state index contributed by atoms with van der Waals surface area (Å²) in [6, 6.07) is 0.127. The Hall–Kier alpha value is -2.11. The van der Waals surface area contributed by atoms with Crippen LogP contribution in [0.3, 0.4) is 0 Å². The molecule has 0 aromatic carbocycles. The predicted molar refractivity (Wildman–Crippen MR) is 58.7 cm³/mol. The molecule has 0 saturated heterocycles. The Labute approximate surface area is 97.3 Å². The number of carbonyl (C=O) groups is 2. The molecule has 1 heterocycles. The van der Waals surface area contributed by atoms with Crippen molar-refractivity contribution in [2.75, 3.05) is 0 Å². The Morgan fingerprint density at radius 3 is 2.65 bits per heavy atom. The topological polar surface area (TPSA) is 92.4 Å². The Bertz CT molecular complexity index is 500. The Balaban J connectivity index is 2.35. The molecule has 2 rings (SSSR count). The van der Waals surface area contributed by atoms with Gasteiger partial charge < -0.3 is 14.9 Å². The van der Waals surface area contributed by atoms with Gasteiger partial charge in [0, 0.05) is 6.04 Å². The monoisotopic (exact) mass is 236 g/mol. The van der Waals surface area contributed by atoms with Gasteiger partial charge in [0.25, 0.3) is 5.91 Å². The third-order valence-corrected chi connectivity index (χ3v) is 2.43. The molecule has 0 atom stereocenters. The molecule has 17 heavy (non-hydrogen) atoms. The highest BCUT2D eigenvalue weighted by Gasteiger charge is 2.31. The van der Waals surface area contributed by atoms with Crippen LogP contribution >= 0.6 is 0 Å². The highest BCUT2D eigenvalue weighted by atomic mass is 16.5. The first-order valence-electron chi connectivity index (χ1n) is 5.20. The lowest BCUT2D eigenvalue weighted by molar-refractivity contribution is 0.0687. The highest BCUT2D eigenvalue weighted by Crippen LogP contribution is 2.23. The number of carboxylic acids is 1. The van der Waals surface area contributed by atoms with Gasteiger partial charge in [0.05, 0.1) is 0 Å². The second-order valence-corrected chi connectivity index (χ2v) is 4.07. The molecule has 6 heteroatoms. The molecular weight excluding hydrogens is 224 g/mol. The lowest BCUT2D eigenvalue weighted by Crippen LogP contribution is -2.26.